The van der Waals surface area contributed by atoms with E-state index >= 15 is 0 Å². The van der Waals surface area contributed by atoms with Crippen molar-refractivity contribution in [2.45, 2.75) is 96.0 Å². The van der Waals surface area contributed by atoms with Gasteiger partial charge in [-0.25, -0.2) is 0 Å². The summed E-state index contributed by atoms with van der Waals surface area (Å²) in [5, 5.41) is 17.2. The Morgan fingerprint density at radius 1 is 1.00 bits per heavy atom. The van der Waals surface area contributed by atoms with E-state index < -0.39 is 42.1 Å². The zero-order valence-corrected chi connectivity index (χ0v) is 18.5. The van der Waals surface area contributed by atoms with Crippen LogP contribution in [0.15, 0.2) is 0 Å². The Morgan fingerprint density at radius 2 is 1.61 bits per heavy atom. The number of nitrogens with one attached hydrogen (secondary N) is 3. The molecule has 2 saturated heterocycles. The number of aliphatic hydroxyl groups is 1. The lowest BCUT2D eigenvalue weighted by molar-refractivity contribution is -0.143. The minimum atomic E-state index is -0.982. The maximum absolute atomic E-state index is 13.2. The van der Waals surface area contributed by atoms with Crippen molar-refractivity contribution in [3.05, 3.63) is 0 Å². The molecule has 0 aromatic carbocycles. The standard InChI is InChI=1S/C21H34N4O6/c1-12-18(28)22-13(2)19(29)24-15(8-5-4-6-10-17(27)14(3)26)21(31)25-11-7-9-16(25)20(30)23-12/h12-16,26H,4-11H2,1-3H3,(H,22,28)(H,23,30)(H,24,29)/t12?,13-,14?,15?,16-/m1/s1. The van der Waals surface area contributed by atoms with Gasteiger partial charge in [-0.1, -0.05) is 12.8 Å². The molecule has 10 nitrogen and oxygen atoms in total. The van der Waals surface area contributed by atoms with Crippen molar-refractivity contribution in [3.63, 3.8) is 0 Å². The zero-order chi connectivity index (χ0) is 23.1. The molecule has 2 fully saturated rings. The van der Waals surface area contributed by atoms with Gasteiger partial charge in [0.25, 0.3) is 0 Å². The lowest BCUT2D eigenvalue weighted by atomic mass is 10.0. The molecule has 0 aromatic rings. The Morgan fingerprint density at radius 3 is 2.26 bits per heavy atom. The molecular weight excluding hydrogens is 404 g/mol. The fourth-order valence-corrected chi connectivity index (χ4v) is 3.87. The van der Waals surface area contributed by atoms with Crippen LogP contribution in [0.25, 0.3) is 0 Å². The summed E-state index contributed by atoms with van der Waals surface area (Å²) in [5.74, 6) is -1.83. The molecule has 5 atom stereocenters. The van der Waals surface area contributed by atoms with E-state index in [-0.39, 0.29) is 24.0 Å². The average molecular weight is 439 g/mol. The van der Waals surface area contributed by atoms with Crippen LogP contribution in [-0.4, -0.2) is 76.2 Å². The third-order valence-electron chi connectivity index (χ3n) is 5.84. The molecule has 0 aliphatic carbocycles. The first kappa shape index (κ1) is 24.8. The number of ketones is 1. The van der Waals surface area contributed by atoms with Gasteiger partial charge in [-0.15, -0.1) is 0 Å². The number of hydrogen-bond donors (Lipinski definition) is 4. The van der Waals surface area contributed by atoms with Crippen molar-refractivity contribution < 1.29 is 29.1 Å². The second-order valence-corrected chi connectivity index (χ2v) is 8.45. The molecular formula is C21H34N4O6. The monoisotopic (exact) mass is 438 g/mol. The van der Waals surface area contributed by atoms with Crippen molar-refractivity contribution in [1.29, 1.82) is 0 Å². The Hall–Kier alpha value is -2.49. The minimum Gasteiger partial charge on any atom is -0.386 e. The molecule has 3 unspecified atom stereocenters. The topological polar surface area (TPSA) is 145 Å². The lowest BCUT2D eigenvalue weighted by Crippen LogP contribution is -2.60. The highest BCUT2D eigenvalue weighted by molar-refractivity contribution is 5.97. The zero-order valence-electron chi connectivity index (χ0n) is 18.5. The minimum absolute atomic E-state index is 0.222. The Balaban J connectivity index is 2.09. The summed E-state index contributed by atoms with van der Waals surface area (Å²) in [6.45, 7) is 4.91. The number of hydrogen-bond acceptors (Lipinski definition) is 6. The molecule has 31 heavy (non-hydrogen) atoms. The van der Waals surface area contributed by atoms with Crippen LogP contribution in [-0.2, 0) is 24.0 Å². The predicted octanol–water partition coefficient (Wildman–Crippen LogP) is -0.614. The van der Waals surface area contributed by atoms with Crippen LogP contribution >= 0.6 is 0 Å². The number of Topliss-reactive ketones (excluding diaryl/α,β-unsaturated/α-hetero) is 1. The number of rotatable bonds is 7. The molecule has 2 heterocycles. The number of nitrogens with zero attached hydrogens (tertiary/aromatic N) is 1. The second kappa shape index (κ2) is 11.2. The molecule has 0 aromatic heterocycles. The number of carbonyl (C=O) groups is 5. The number of fused-ring (bicyclic) bond motifs is 1. The highest BCUT2D eigenvalue weighted by Crippen LogP contribution is 2.21. The molecule has 0 spiro atoms. The summed E-state index contributed by atoms with van der Waals surface area (Å²) in [6.07, 6.45) is 2.64. The van der Waals surface area contributed by atoms with Gasteiger partial charge in [0.05, 0.1) is 0 Å². The van der Waals surface area contributed by atoms with Crippen LogP contribution in [0, 0.1) is 0 Å². The molecule has 174 valence electrons. The van der Waals surface area contributed by atoms with Gasteiger partial charge in [0.15, 0.2) is 5.78 Å². The van der Waals surface area contributed by atoms with Crippen molar-refractivity contribution in [3.8, 4) is 0 Å². The number of unbranched alkanes of at least 4 members (excludes halogenated alkanes) is 2. The third kappa shape index (κ3) is 6.75. The Kier molecular flexibility index (Phi) is 8.97. The van der Waals surface area contributed by atoms with Crippen LogP contribution in [0.2, 0.25) is 0 Å². The van der Waals surface area contributed by atoms with Crippen LogP contribution < -0.4 is 16.0 Å². The number of carbonyl (C=O) groups excluding carboxylic acids is 5. The SMILES string of the molecule is CC(O)C(=O)CCCCCC1NC(=O)[C@@H](C)NC(=O)C(C)NC(=O)[C@H]2CCCN2C1=O. The molecule has 0 radical (unpaired) electrons. The largest absolute Gasteiger partial charge is 0.386 e. The Bertz CT molecular complexity index is 710. The van der Waals surface area contributed by atoms with E-state index in [0.29, 0.717) is 45.1 Å². The van der Waals surface area contributed by atoms with Crippen molar-refractivity contribution in [2.75, 3.05) is 6.54 Å². The molecule has 2 rings (SSSR count). The quantitative estimate of drug-likeness (QED) is 0.390. The third-order valence-corrected chi connectivity index (χ3v) is 5.84. The van der Waals surface area contributed by atoms with Gasteiger partial charge >= 0.3 is 0 Å². The van der Waals surface area contributed by atoms with Gasteiger partial charge in [-0.2, -0.15) is 0 Å². The van der Waals surface area contributed by atoms with E-state index in [4.69, 9.17) is 0 Å². The second-order valence-electron chi connectivity index (χ2n) is 8.45. The van der Waals surface area contributed by atoms with Crippen LogP contribution in [0.1, 0.15) is 65.7 Å². The molecule has 4 amide bonds. The molecule has 0 bridgehead atoms. The first-order chi connectivity index (χ1) is 14.6. The highest BCUT2D eigenvalue weighted by atomic mass is 16.3. The lowest BCUT2D eigenvalue weighted by Gasteiger charge is -2.31. The summed E-state index contributed by atoms with van der Waals surface area (Å²) in [7, 11) is 0. The van der Waals surface area contributed by atoms with Crippen LogP contribution in [0.5, 0.6) is 0 Å². The average Bonchev–Trinajstić information content (AvgIpc) is 3.20. The summed E-state index contributed by atoms with van der Waals surface area (Å²) in [6, 6.07) is -3.16. The van der Waals surface area contributed by atoms with Gasteiger partial charge in [0, 0.05) is 13.0 Å². The van der Waals surface area contributed by atoms with Crippen molar-refractivity contribution in [2.24, 2.45) is 0 Å². The van der Waals surface area contributed by atoms with Gasteiger partial charge < -0.3 is 26.0 Å². The number of amides is 4. The van der Waals surface area contributed by atoms with E-state index in [0.717, 1.165) is 0 Å². The van der Waals surface area contributed by atoms with E-state index in [1.807, 2.05) is 0 Å². The predicted molar refractivity (Wildman–Crippen MR) is 112 cm³/mol. The first-order valence-electron chi connectivity index (χ1n) is 11.0. The molecule has 10 heteroatoms. The summed E-state index contributed by atoms with van der Waals surface area (Å²) >= 11 is 0. The maximum Gasteiger partial charge on any atom is 0.245 e. The number of aliphatic hydroxyl groups excluding tert-OH is 1. The molecule has 2 aliphatic rings. The first-order valence-corrected chi connectivity index (χ1v) is 11.0. The van der Waals surface area contributed by atoms with Gasteiger partial charge in [-0.3, -0.25) is 24.0 Å². The van der Waals surface area contributed by atoms with Gasteiger partial charge in [-0.05, 0) is 46.5 Å². The Labute approximate surface area is 182 Å². The molecule has 4 N–H and O–H groups in total. The van der Waals surface area contributed by atoms with Crippen LogP contribution in [0.3, 0.4) is 0 Å². The van der Waals surface area contributed by atoms with E-state index in [1.165, 1.54) is 25.7 Å². The normalized spacial score (nSPS) is 28.6. The van der Waals surface area contributed by atoms with Crippen molar-refractivity contribution in [1.82, 2.24) is 20.9 Å². The summed E-state index contributed by atoms with van der Waals surface area (Å²) in [4.78, 5) is 63.8. The van der Waals surface area contributed by atoms with E-state index in [9.17, 15) is 29.1 Å². The smallest absolute Gasteiger partial charge is 0.245 e. The molecule has 0 saturated carbocycles. The maximum atomic E-state index is 13.2. The van der Waals surface area contributed by atoms with Crippen LogP contribution in [0.4, 0.5) is 0 Å². The fraction of sp³-hybridized carbons (Fsp3) is 0.762. The highest BCUT2D eigenvalue weighted by Gasteiger charge is 2.39. The summed E-state index contributed by atoms with van der Waals surface area (Å²) < 4.78 is 0. The summed E-state index contributed by atoms with van der Waals surface area (Å²) in [5.41, 5.74) is 0. The fourth-order valence-electron chi connectivity index (χ4n) is 3.87. The molecule has 2 aliphatic heterocycles. The van der Waals surface area contributed by atoms with Gasteiger partial charge in [0.2, 0.25) is 23.6 Å². The van der Waals surface area contributed by atoms with Gasteiger partial charge in [0.1, 0.15) is 30.3 Å². The van der Waals surface area contributed by atoms with E-state index in [2.05, 4.69) is 16.0 Å². The van der Waals surface area contributed by atoms with Crippen molar-refractivity contribution >= 4 is 29.4 Å². The van der Waals surface area contributed by atoms with E-state index in [1.54, 1.807) is 0 Å².